The highest BCUT2D eigenvalue weighted by Crippen LogP contribution is 2.23. The van der Waals surface area contributed by atoms with Gasteiger partial charge in [-0.15, -0.1) is 0 Å². The van der Waals surface area contributed by atoms with Gasteiger partial charge in [0.05, 0.1) is 12.8 Å². The average Bonchev–Trinajstić information content (AvgIpc) is 2.83. The van der Waals surface area contributed by atoms with Crippen molar-refractivity contribution >= 4 is 15.9 Å². The molecule has 2 atom stereocenters. The normalized spacial score (nSPS) is 23.3. The average molecular weight is 328 g/mol. The first-order valence-electron chi connectivity index (χ1n) is 7.60. The standard InChI is InChI=1S/C15H24N2O4S/c1-11-5-4-6-12(2)17(10-11)15(18)14-8-7-13(21-14)9-16-22(3,19)20/h7-8,11-12,16H,4-6,9-10H2,1-3H3/t11-,12-/m0/s1. The van der Waals surface area contributed by atoms with Crippen LogP contribution in [0.2, 0.25) is 0 Å². The number of hydrogen-bond donors (Lipinski definition) is 1. The molecule has 0 aliphatic carbocycles. The molecule has 1 aliphatic rings. The predicted octanol–water partition coefficient (Wildman–Crippen LogP) is 1.98. The van der Waals surface area contributed by atoms with E-state index >= 15 is 0 Å². The number of carbonyl (C=O) groups excluding carboxylic acids is 1. The Kier molecular flexibility index (Phi) is 5.28. The predicted molar refractivity (Wildman–Crippen MR) is 83.9 cm³/mol. The number of nitrogens with one attached hydrogen (secondary N) is 1. The van der Waals surface area contributed by atoms with Crippen LogP contribution in [0.5, 0.6) is 0 Å². The van der Waals surface area contributed by atoms with Crippen molar-refractivity contribution in [3.63, 3.8) is 0 Å². The lowest BCUT2D eigenvalue weighted by Crippen LogP contribution is -2.39. The van der Waals surface area contributed by atoms with Crippen LogP contribution in [0.15, 0.2) is 16.5 Å². The van der Waals surface area contributed by atoms with Crippen molar-refractivity contribution in [3.05, 3.63) is 23.7 Å². The van der Waals surface area contributed by atoms with Gasteiger partial charge in [-0.25, -0.2) is 13.1 Å². The van der Waals surface area contributed by atoms with Gasteiger partial charge in [0.25, 0.3) is 5.91 Å². The zero-order chi connectivity index (χ0) is 16.3. The second-order valence-corrected chi connectivity index (χ2v) is 8.03. The molecule has 1 aromatic rings. The fourth-order valence-corrected chi connectivity index (χ4v) is 3.14. The number of amides is 1. The first-order valence-corrected chi connectivity index (χ1v) is 9.49. The molecule has 1 saturated heterocycles. The molecule has 1 aliphatic heterocycles. The summed E-state index contributed by atoms with van der Waals surface area (Å²) in [5.74, 6) is 1.07. The Balaban J connectivity index is 2.07. The van der Waals surface area contributed by atoms with E-state index in [1.54, 1.807) is 12.1 Å². The number of furan rings is 1. The van der Waals surface area contributed by atoms with Crippen LogP contribution in [0.1, 0.15) is 49.4 Å². The van der Waals surface area contributed by atoms with E-state index in [1.165, 1.54) is 0 Å². The fraction of sp³-hybridized carbons (Fsp3) is 0.667. The summed E-state index contributed by atoms with van der Waals surface area (Å²) in [6, 6.07) is 3.45. The minimum atomic E-state index is -3.28. The first-order chi connectivity index (χ1) is 10.3. The van der Waals surface area contributed by atoms with E-state index in [4.69, 9.17) is 4.42 Å². The van der Waals surface area contributed by atoms with Gasteiger partial charge in [0, 0.05) is 12.6 Å². The molecule has 2 rings (SSSR count). The molecule has 0 aromatic carbocycles. The Hall–Kier alpha value is -1.34. The van der Waals surface area contributed by atoms with E-state index in [-0.39, 0.29) is 24.3 Å². The summed E-state index contributed by atoms with van der Waals surface area (Å²) in [4.78, 5) is 14.5. The molecule has 0 radical (unpaired) electrons. The van der Waals surface area contributed by atoms with Gasteiger partial charge in [-0.2, -0.15) is 0 Å². The second kappa shape index (κ2) is 6.83. The molecule has 1 aromatic heterocycles. The number of sulfonamides is 1. The summed E-state index contributed by atoms with van der Waals surface area (Å²) in [6.07, 6.45) is 4.35. The molecule has 0 spiro atoms. The maximum absolute atomic E-state index is 12.6. The molecule has 0 unspecified atom stereocenters. The monoisotopic (exact) mass is 328 g/mol. The van der Waals surface area contributed by atoms with Crippen molar-refractivity contribution in [2.45, 2.75) is 45.7 Å². The van der Waals surface area contributed by atoms with E-state index in [0.717, 1.165) is 32.1 Å². The van der Waals surface area contributed by atoms with E-state index in [1.807, 2.05) is 4.90 Å². The number of likely N-dealkylation sites (tertiary alicyclic amines) is 1. The van der Waals surface area contributed by atoms with Crippen LogP contribution >= 0.6 is 0 Å². The molecular weight excluding hydrogens is 304 g/mol. The Bertz CT molecular complexity index is 623. The van der Waals surface area contributed by atoms with Crippen LogP contribution in [0.3, 0.4) is 0 Å². The number of nitrogens with zero attached hydrogens (tertiary/aromatic N) is 1. The van der Waals surface area contributed by atoms with Crippen LogP contribution in [-0.2, 0) is 16.6 Å². The lowest BCUT2D eigenvalue weighted by molar-refractivity contribution is 0.0643. The highest BCUT2D eigenvalue weighted by Gasteiger charge is 2.27. The highest BCUT2D eigenvalue weighted by molar-refractivity contribution is 7.88. The van der Waals surface area contributed by atoms with Gasteiger partial charge in [0.15, 0.2) is 5.76 Å². The van der Waals surface area contributed by atoms with E-state index in [9.17, 15) is 13.2 Å². The highest BCUT2D eigenvalue weighted by atomic mass is 32.2. The topological polar surface area (TPSA) is 79.6 Å². The van der Waals surface area contributed by atoms with Crippen molar-refractivity contribution in [3.8, 4) is 0 Å². The molecule has 2 heterocycles. The summed E-state index contributed by atoms with van der Waals surface area (Å²) >= 11 is 0. The van der Waals surface area contributed by atoms with Crippen LogP contribution in [-0.4, -0.2) is 38.1 Å². The SMILES string of the molecule is C[C@H]1CCC[C@H](C)N(C(=O)c2ccc(CNS(C)(=O)=O)o2)C1. The van der Waals surface area contributed by atoms with E-state index in [0.29, 0.717) is 11.7 Å². The third kappa shape index (κ3) is 4.58. The third-order valence-electron chi connectivity index (χ3n) is 4.00. The lowest BCUT2D eigenvalue weighted by Gasteiger charge is -2.27. The molecule has 22 heavy (non-hydrogen) atoms. The number of carbonyl (C=O) groups is 1. The zero-order valence-corrected chi connectivity index (χ0v) is 14.1. The zero-order valence-electron chi connectivity index (χ0n) is 13.3. The van der Waals surface area contributed by atoms with Gasteiger partial charge in [-0.3, -0.25) is 4.79 Å². The molecule has 6 nitrogen and oxygen atoms in total. The van der Waals surface area contributed by atoms with Crippen molar-refractivity contribution in [1.29, 1.82) is 0 Å². The van der Waals surface area contributed by atoms with Crippen molar-refractivity contribution in [2.24, 2.45) is 5.92 Å². The molecule has 1 N–H and O–H groups in total. The first kappa shape index (κ1) is 17.0. The van der Waals surface area contributed by atoms with Crippen molar-refractivity contribution < 1.29 is 17.6 Å². The minimum Gasteiger partial charge on any atom is -0.455 e. The molecule has 0 saturated carbocycles. The van der Waals surface area contributed by atoms with Gasteiger partial charge >= 0.3 is 0 Å². The van der Waals surface area contributed by atoms with Gasteiger partial charge in [0.2, 0.25) is 10.0 Å². The number of rotatable bonds is 4. The summed E-state index contributed by atoms with van der Waals surface area (Å²) in [5.41, 5.74) is 0. The molecule has 124 valence electrons. The van der Waals surface area contributed by atoms with Gasteiger partial charge in [-0.1, -0.05) is 13.3 Å². The van der Waals surface area contributed by atoms with Crippen LogP contribution < -0.4 is 4.72 Å². The van der Waals surface area contributed by atoms with Gasteiger partial charge < -0.3 is 9.32 Å². The number of hydrogen-bond acceptors (Lipinski definition) is 4. The van der Waals surface area contributed by atoms with Crippen molar-refractivity contribution in [2.75, 3.05) is 12.8 Å². The Morgan fingerprint density at radius 1 is 1.36 bits per heavy atom. The maximum atomic E-state index is 12.6. The Morgan fingerprint density at radius 2 is 2.09 bits per heavy atom. The second-order valence-electron chi connectivity index (χ2n) is 6.20. The Labute approximate surface area is 131 Å². The van der Waals surface area contributed by atoms with E-state index in [2.05, 4.69) is 18.6 Å². The smallest absolute Gasteiger partial charge is 0.289 e. The largest absolute Gasteiger partial charge is 0.455 e. The van der Waals surface area contributed by atoms with Crippen molar-refractivity contribution in [1.82, 2.24) is 9.62 Å². The molecule has 7 heteroatoms. The van der Waals surface area contributed by atoms with Crippen LogP contribution in [0.4, 0.5) is 0 Å². The molecule has 0 bridgehead atoms. The molecular formula is C15H24N2O4S. The molecule has 1 amide bonds. The Morgan fingerprint density at radius 3 is 2.77 bits per heavy atom. The fourth-order valence-electron chi connectivity index (χ4n) is 2.74. The molecule has 1 fully saturated rings. The maximum Gasteiger partial charge on any atom is 0.289 e. The van der Waals surface area contributed by atoms with Gasteiger partial charge in [-0.05, 0) is 37.8 Å². The third-order valence-corrected chi connectivity index (χ3v) is 4.67. The summed E-state index contributed by atoms with van der Waals surface area (Å²) < 4.78 is 30.0. The summed E-state index contributed by atoms with van der Waals surface area (Å²) in [5, 5.41) is 0. The lowest BCUT2D eigenvalue weighted by atomic mass is 10.1. The quantitative estimate of drug-likeness (QED) is 0.916. The van der Waals surface area contributed by atoms with E-state index < -0.39 is 10.0 Å². The van der Waals surface area contributed by atoms with Gasteiger partial charge in [0.1, 0.15) is 5.76 Å². The van der Waals surface area contributed by atoms with Crippen LogP contribution in [0, 0.1) is 5.92 Å². The summed E-state index contributed by atoms with van der Waals surface area (Å²) in [6.45, 7) is 5.00. The van der Waals surface area contributed by atoms with Crippen LogP contribution in [0.25, 0.3) is 0 Å². The summed E-state index contributed by atoms with van der Waals surface area (Å²) in [7, 11) is -3.28. The minimum absolute atomic E-state index is 0.0536.